The van der Waals surface area contributed by atoms with Crippen LogP contribution < -0.4 is 10.6 Å². The molecule has 1 rings (SSSR count). The number of imidazole rings is 1. The van der Waals surface area contributed by atoms with E-state index in [2.05, 4.69) is 15.6 Å². The van der Waals surface area contributed by atoms with Crippen molar-refractivity contribution in [2.75, 3.05) is 13.1 Å². The van der Waals surface area contributed by atoms with E-state index in [1.807, 2.05) is 20.8 Å². The molecule has 1 amide bonds. The van der Waals surface area contributed by atoms with Crippen LogP contribution in [0.4, 0.5) is 0 Å². The minimum absolute atomic E-state index is 0.000672. The molecule has 0 radical (unpaired) electrons. The van der Waals surface area contributed by atoms with E-state index in [4.69, 9.17) is 5.11 Å². The average molecular weight is 268 g/mol. The van der Waals surface area contributed by atoms with E-state index in [1.54, 1.807) is 4.57 Å². The van der Waals surface area contributed by atoms with Crippen LogP contribution in [0.5, 0.6) is 0 Å². The van der Waals surface area contributed by atoms with E-state index in [9.17, 15) is 9.59 Å². The molecule has 3 N–H and O–H groups in total. The summed E-state index contributed by atoms with van der Waals surface area (Å²) in [6, 6.07) is 0. The maximum Gasteiger partial charge on any atom is 0.356 e. The van der Waals surface area contributed by atoms with Crippen LogP contribution in [0.25, 0.3) is 0 Å². The number of hydrogen-bond acceptors (Lipinski definition) is 4. The highest BCUT2D eigenvalue weighted by molar-refractivity contribution is 5.84. The van der Waals surface area contributed by atoms with Gasteiger partial charge in [0.2, 0.25) is 5.91 Å². The molecule has 0 unspecified atom stereocenters. The van der Waals surface area contributed by atoms with E-state index in [0.29, 0.717) is 13.1 Å². The number of aromatic carboxylic acids is 1. The zero-order chi connectivity index (χ0) is 14.5. The fourth-order valence-electron chi connectivity index (χ4n) is 1.33. The van der Waals surface area contributed by atoms with E-state index < -0.39 is 5.97 Å². The van der Waals surface area contributed by atoms with Crippen LogP contribution in [0.3, 0.4) is 0 Å². The quantitative estimate of drug-likeness (QED) is 0.679. The van der Waals surface area contributed by atoms with Crippen molar-refractivity contribution in [3.63, 3.8) is 0 Å². The molecule has 0 saturated heterocycles. The number of aromatic nitrogens is 2. The third-order valence-corrected chi connectivity index (χ3v) is 2.32. The highest BCUT2D eigenvalue weighted by Gasteiger charge is 2.11. The standard InChI is InChI=1S/C12H20N4O3/c1-12(2,3)15-6-10(17)13-4-5-16-7-9(11(18)19)14-8-16/h7-8,15H,4-6H2,1-3H3,(H,13,17)(H,18,19). The first-order valence-electron chi connectivity index (χ1n) is 6.05. The van der Waals surface area contributed by atoms with Crippen LogP contribution in [0.1, 0.15) is 31.3 Å². The van der Waals surface area contributed by atoms with Crippen molar-refractivity contribution in [3.8, 4) is 0 Å². The van der Waals surface area contributed by atoms with Crippen molar-refractivity contribution < 1.29 is 14.7 Å². The minimum Gasteiger partial charge on any atom is -0.476 e. The summed E-state index contributed by atoms with van der Waals surface area (Å²) in [5, 5.41) is 14.5. The van der Waals surface area contributed by atoms with Crippen LogP contribution in [0, 0.1) is 0 Å². The topological polar surface area (TPSA) is 96.3 Å². The molecule has 7 nitrogen and oxygen atoms in total. The fraction of sp³-hybridized carbons (Fsp3) is 0.583. The second kappa shape index (κ2) is 6.33. The van der Waals surface area contributed by atoms with Crippen molar-refractivity contribution in [2.24, 2.45) is 0 Å². The van der Waals surface area contributed by atoms with Crippen LogP contribution in [-0.2, 0) is 11.3 Å². The summed E-state index contributed by atoms with van der Waals surface area (Å²) in [7, 11) is 0. The molecule has 1 aromatic rings. The van der Waals surface area contributed by atoms with Crippen molar-refractivity contribution in [3.05, 3.63) is 18.2 Å². The summed E-state index contributed by atoms with van der Waals surface area (Å²) < 4.78 is 1.63. The highest BCUT2D eigenvalue weighted by atomic mass is 16.4. The number of amides is 1. The third-order valence-electron chi connectivity index (χ3n) is 2.32. The molecule has 0 fully saturated rings. The molecule has 19 heavy (non-hydrogen) atoms. The van der Waals surface area contributed by atoms with Gasteiger partial charge >= 0.3 is 5.97 Å². The monoisotopic (exact) mass is 268 g/mol. The zero-order valence-corrected chi connectivity index (χ0v) is 11.4. The lowest BCUT2D eigenvalue weighted by Crippen LogP contribution is -2.43. The zero-order valence-electron chi connectivity index (χ0n) is 11.4. The molecule has 0 aliphatic heterocycles. The maximum absolute atomic E-state index is 11.5. The van der Waals surface area contributed by atoms with Crippen molar-refractivity contribution in [2.45, 2.75) is 32.9 Å². The first-order chi connectivity index (χ1) is 8.78. The first-order valence-corrected chi connectivity index (χ1v) is 6.05. The summed E-state index contributed by atoms with van der Waals surface area (Å²) in [5.41, 5.74) is -0.0985. The lowest BCUT2D eigenvalue weighted by Gasteiger charge is -2.20. The van der Waals surface area contributed by atoms with Gasteiger partial charge in [-0.15, -0.1) is 0 Å². The molecule has 0 aliphatic carbocycles. The number of hydrogen-bond donors (Lipinski definition) is 3. The van der Waals surface area contributed by atoms with Gasteiger partial charge in [-0.1, -0.05) is 0 Å². The van der Waals surface area contributed by atoms with Crippen LogP contribution >= 0.6 is 0 Å². The number of rotatable bonds is 6. The molecule has 1 heterocycles. The van der Waals surface area contributed by atoms with Gasteiger partial charge in [0.05, 0.1) is 12.9 Å². The molecule has 106 valence electrons. The molecular weight excluding hydrogens is 248 g/mol. The Labute approximate surface area is 112 Å². The predicted molar refractivity (Wildman–Crippen MR) is 70.0 cm³/mol. The van der Waals surface area contributed by atoms with E-state index in [1.165, 1.54) is 12.5 Å². The molecule has 0 aliphatic rings. The van der Waals surface area contributed by atoms with Crippen molar-refractivity contribution in [1.29, 1.82) is 0 Å². The molecular formula is C12H20N4O3. The van der Waals surface area contributed by atoms with Crippen molar-refractivity contribution >= 4 is 11.9 Å². The second-order valence-electron chi connectivity index (χ2n) is 5.26. The Hall–Kier alpha value is -1.89. The van der Waals surface area contributed by atoms with Gasteiger partial charge in [-0.05, 0) is 20.8 Å². The average Bonchev–Trinajstić information content (AvgIpc) is 2.74. The van der Waals surface area contributed by atoms with Gasteiger partial charge < -0.3 is 20.3 Å². The predicted octanol–water partition coefficient (Wildman–Crippen LogP) is 0.0856. The fourth-order valence-corrected chi connectivity index (χ4v) is 1.33. The van der Waals surface area contributed by atoms with Gasteiger partial charge in [0, 0.05) is 24.8 Å². The molecule has 7 heteroatoms. The largest absolute Gasteiger partial charge is 0.476 e. The van der Waals surface area contributed by atoms with Crippen molar-refractivity contribution in [1.82, 2.24) is 20.2 Å². The Kier molecular flexibility index (Phi) is 5.05. The van der Waals surface area contributed by atoms with Gasteiger partial charge in [-0.3, -0.25) is 4.79 Å². The lowest BCUT2D eigenvalue weighted by molar-refractivity contribution is -0.120. The number of carboxylic acid groups (broad SMARTS) is 1. The first kappa shape index (κ1) is 15.2. The molecule has 0 atom stereocenters. The van der Waals surface area contributed by atoms with Gasteiger partial charge in [-0.2, -0.15) is 0 Å². The van der Waals surface area contributed by atoms with Crippen LogP contribution in [0.2, 0.25) is 0 Å². The number of carboxylic acids is 1. The van der Waals surface area contributed by atoms with Gasteiger partial charge in [0.1, 0.15) is 0 Å². The summed E-state index contributed by atoms with van der Waals surface area (Å²) in [5.74, 6) is -1.15. The lowest BCUT2D eigenvalue weighted by atomic mass is 10.1. The molecule has 0 saturated carbocycles. The summed E-state index contributed by atoms with van der Waals surface area (Å²) in [4.78, 5) is 25.8. The number of carbonyl (C=O) groups is 2. The Bertz CT molecular complexity index is 448. The van der Waals surface area contributed by atoms with Crippen LogP contribution in [-0.4, -0.2) is 45.2 Å². The Morgan fingerprint density at radius 1 is 1.42 bits per heavy atom. The van der Waals surface area contributed by atoms with Gasteiger partial charge in [0.25, 0.3) is 0 Å². The number of carbonyl (C=O) groups excluding carboxylic acids is 1. The summed E-state index contributed by atoms with van der Waals surface area (Å²) >= 11 is 0. The van der Waals surface area contributed by atoms with E-state index in [0.717, 1.165) is 0 Å². The molecule has 1 aromatic heterocycles. The second-order valence-corrected chi connectivity index (χ2v) is 5.26. The molecule has 0 spiro atoms. The Morgan fingerprint density at radius 2 is 2.11 bits per heavy atom. The minimum atomic E-state index is -1.06. The smallest absolute Gasteiger partial charge is 0.356 e. The van der Waals surface area contributed by atoms with E-state index in [-0.39, 0.29) is 23.7 Å². The summed E-state index contributed by atoms with van der Waals surface area (Å²) in [6.07, 6.45) is 2.87. The Balaban J connectivity index is 2.26. The molecule has 0 bridgehead atoms. The normalized spacial score (nSPS) is 11.3. The van der Waals surface area contributed by atoms with Gasteiger partial charge in [-0.25, -0.2) is 9.78 Å². The molecule has 0 aromatic carbocycles. The number of nitrogens with one attached hydrogen (secondary N) is 2. The van der Waals surface area contributed by atoms with E-state index >= 15 is 0 Å². The SMILES string of the molecule is CC(C)(C)NCC(=O)NCCn1cnc(C(=O)O)c1. The maximum atomic E-state index is 11.5. The Morgan fingerprint density at radius 3 is 2.63 bits per heavy atom. The highest BCUT2D eigenvalue weighted by Crippen LogP contribution is 1.97. The summed E-state index contributed by atoms with van der Waals surface area (Å²) in [6.45, 7) is 7.13. The van der Waals surface area contributed by atoms with Gasteiger partial charge in [0.15, 0.2) is 5.69 Å². The number of nitrogens with zero attached hydrogens (tertiary/aromatic N) is 2. The third kappa shape index (κ3) is 6.01. The van der Waals surface area contributed by atoms with Crippen LogP contribution in [0.15, 0.2) is 12.5 Å².